The Balaban J connectivity index is 1.13. The molecular weight excluding hydrogens is 485 g/mol. The molecule has 2 aromatic heterocycles. The molecular formula is C26H25F3N6O2. The number of ether oxygens (including phenoxy) is 1. The Morgan fingerprint density at radius 3 is 2.51 bits per heavy atom. The number of alkyl halides is 2. The first-order chi connectivity index (χ1) is 18.0. The summed E-state index contributed by atoms with van der Waals surface area (Å²) in [5.41, 5.74) is 3.58. The van der Waals surface area contributed by atoms with Crippen molar-refractivity contribution in [2.75, 3.05) is 26.3 Å². The lowest BCUT2D eigenvalue weighted by Crippen LogP contribution is -2.51. The lowest BCUT2D eigenvalue weighted by Gasteiger charge is -2.41. The molecule has 37 heavy (non-hydrogen) atoms. The first-order valence-corrected chi connectivity index (χ1v) is 12.3. The van der Waals surface area contributed by atoms with Crippen LogP contribution in [0, 0.1) is 5.82 Å². The van der Waals surface area contributed by atoms with E-state index in [9.17, 15) is 13.2 Å². The average Bonchev–Trinajstić information content (AvgIpc) is 3.55. The van der Waals surface area contributed by atoms with Crippen LogP contribution in [-0.4, -0.2) is 62.4 Å². The van der Waals surface area contributed by atoms with Crippen molar-refractivity contribution in [3.63, 3.8) is 0 Å². The second-order valence-electron chi connectivity index (χ2n) is 9.48. The van der Waals surface area contributed by atoms with Crippen LogP contribution in [0.4, 0.5) is 13.2 Å². The normalized spacial score (nSPS) is 17.4. The van der Waals surface area contributed by atoms with Crippen LogP contribution in [0.25, 0.3) is 22.7 Å². The molecule has 192 valence electrons. The van der Waals surface area contributed by atoms with Gasteiger partial charge < -0.3 is 9.15 Å². The number of nitrogens with zero attached hydrogens (tertiary/aromatic N) is 6. The highest BCUT2D eigenvalue weighted by Crippen LogP contribution is 2.32. The van der Waals surface area contributed by atoms with Crippen LogP contribution in [0.1, 0.15) is 42.2 Å². The van der Waals surface area contributed by atoms with Crippen LogP contribution < -0.4 is 0 Å². The largest absolute Gasteiger partial charge is 0.415 e. The summed E-state index contributed by atoms with van der Waals surface area (Å²) in [6.45, 7) is 4.04. The first-order valence-electron chi connectivity index (χ1n) is 12.3. The van der Waals surface area contributed by atoms with Crippen LogP contribution in [0.5, 0.6) is 0 Å². The molecule has 0 saturated carbocycles. The Bertz CT molecular complexity index is 1380. The second kappa shape index (κ2) is 10.1. The molecule has 0 radical (unpaired) electrons. The number of aromatic nitrogens is 5. The van der Waals surface area contributed by atoms with Gasteiger partial charge in [-0.15, -0.1) is 15.3 Å². The summed E-state index contributed by atoms with van der Waals surface area (Å²) < 4.78 is 51.9. The Morgan fingerprint density at radius 1 is 0.973 bits per heavy atom. The van der Waals surface area contributed by atoms with Crippen LogP contribution in [0.2, 0.25) is 0 Å². The number of likely N-dealkylation sites (tertiary alicyclic amines) is 1. The SMILES string of the molecule is Fc1cc(-c2nnc(C(F)F)o2)ccc1Cn1cc(-c2cccc(C3CCN(C4COC4)CC3)c2)nn1. The smallest absolute Gasteiger partial charge is 0.314 e. The summed E-state index contributed by atoms with van der Waals surface area (Å²) in [4.78, 5) is 2.53. The summed E-state index contributed by atoms with van der Waals surface area (Å²) in [7, 11) is 0. The zero-order chi connectivity index (χ0) is 25.4. The molecule has 0 unspecified atom stereocenters. The highest BCUT2D eigenvalue weighted by Gasteiger charge is 2.30. The fourth-order valence-corrected chi connectivity index (χ4v) is 4.91. The first kappa shape index (κ1) is 23.8. The van der Waals surface area contributed by atoms with Crippen molar-refractivity contribution in [1.82, 2.24) is 30.1 Å². The summed E-state index contributed by atoms with van der Waals surface area (Å²) in [5, 5.41) is 15.3. The minimum Gasteiger partial charge on any atom is -0.415 e. The van der Waals surface area contributed by atoms with Crippen molar-refractivity contribution in [2.45, 2.75) is 37.8 Å². The van der Waals surface area contributed by atoms with E-state index in [1.807, 2.05) is 12.1 Å². The number of rotatable bonds is 7. The van der Waals surface area contributed by atoms with E-state index < -0.39 is 18.1 Å². The van der Waals surface area contributed by atoms with E-state index >= 15 is 0 Å². The zero-order valence-electron chi connectivity index (χ0n) is 19.9. The van der Waals surface area contributed by atoms with Gasteiger partial charge >= 0.3 is 6.43 Å². The standard InChI is InChI=1S/C26H25F3N6O2/c27-22-11-19(25-31-32-26(37-25)24(28)29)4-5-20(22)12-35-13-23(30-33-35)18-3-1-2-17(10-18)16-6-8-34(9-7-16)21-14-36-15-21/h1-5,10-11,13,16,21,24H,6-9,12,14-15H2. The van der Waals surface area contributed by atoms with E-state index in [-0.39, 0.29) is 18.0 Å². The van der Waals surface area contributed by atoms with Gasteiger partial charge in [0, 0.05) is 16.7 Å². The topological polar surface area (TPSA) is 82.1 Å². The van der Waals surface area contributed by atoms with E-state index in [0.717, 1.165) is 44.7 Å². The minimum absolute atomic E-state index is 0.161. The summed E-state index contributed by atoms with van der Waals surface area (Å²) in [6.07, 6.45) is 1.15. The quantitative estimate of drug-likeness (QED) is 0.357. The fraction of sp³-hybridized carbons (Fsp3) is 0.385. The molecule has 0 aliphatic carbocycles. The third kappa shape index (κ3) is 5.01. The van der Waals surface area contributed by atoms with E-state index in [1.54, 1.807) is 23.0 Å². The maximum atomic E-state index is 14.8. The van der Waals surface area contributed by atoms with Gasteiger partial charge in [0.05, 0.1) is 32.0 Å². The van der Waals surface area contributed by atoms with E-state index in [4.69, 9.17) is 9.15 Å². The third-order valence-electron chi connectivity index (χ3n) is 7.12. The molecule has 6 rings (SSSR count). The van der Waals surface area contributed by atoms with E-state index in [0.29, 0.717) is 23.2 Å². The minimum atomic E-state index is -2.88. The van der Waals surface area contributed by atoms with Crippen molar-refractivity contribution in [3.8, 4) is 22.7 Å². The molecule has 0 N–H and O–H groups in total. The highest BCUT2D eigenvalue weighted by molar-refractivity contribution is 5.59. The summed E-state index contributed by atoms with van der Waals surface area (Å²) >= 11 is 0. The van der Waals surface area contributed by atoms with Gasteiger partial charge in [-0.1, -0.05) is 29.5 Å². The second-order valence-corrected chi connectivity index (χ2v) is 9.48. The molecule has 0 atom stereocenters. The Labute approximate surface area is 211 Å². The van der Waals surface area contributed by atoms with Gasteiger partial charge in [-0.05, 0) is 55.6 Å². The number of piperidine rings is 1. The Kier molecular flexibility index (Phi) is 6.47. The van der Waals surface area contributed by atoms with Crippen LogP contribution in [0.3, 0.4) is 0 Å². The maximum Gasteiger partial charge on any atom is 0.314 e. The van der Waals surface area contributed by atoms with Crippen molar-refractivity contribution >= 4 is 0 Å². The van der Waals surface area contributed by atoms with Crippen molar-refractivity contribution < 1.29 is 22.3 Å². The lowest BCUT2D eigenvalue weighted by molar-refractivity contribution is -0.0712. The number of halogens is 3. The molecule has 11 heteroatoms. The molecule has 4 aromatic rings. The molecule has 2 saturated heterocycles. The van der Waals surface area contributed by atoms with Gasteiger partial charge in [0.2, 0.25) is 5.89 Å². The van der Waals surface area contributed by atoms with E-state index in [2.05, 4.69) is 37.5 Å². The van der Waals surface area contributed by atoms with Crippen LogP contribution >= 0.6 is 0 Å². The molecule has 2 aromatic carbocycles. The Hall–Kier alpha value is -3.57. The predicted octanol–water partition coefficient (Wildman–Crippen LogP) is 4.70. The third-order valence-corrected chi connectivity index (χ3v) is 7.12. The monoisotopic (exact) mass is 510 g/mol. The summed E-state index contributed by atoms with van der Waals surface area (Å²) in [5.74, 6) is -0.983. The highest BCUT2D eigenvalue weighted by atomic mass is 19.3. The van der Waals surface area contributed by atoms with Gasteiger partial charge in [0.25, 0.3) is 5.89 Å². The van der Waals surface area contributed by atoms with Gasteiger partial charge in [0.1, 0.15) is 11.5 Å². The predicted molar refractivity (Wildman–Crippen MR) is 127 cm³/mol. The van der Waals surface area contributed by atoms with Crippen molar-refractivity contribution in [2.24, 2.45) is 0 Å². The van der Waals surface area contributed by atoms with Gasteiger partial charge in [0.15, 0.2) is 0 Å². The number of hydrogen-bond acceptors (Lipinski definition) is 7. The molecule has 0 spiro atoms. The fourth-order valence-electron chi connectivity index (χ4n) is 4.91. The molecule has 8 nitrogen and oxygen atoms in total. The molecule has 2 fully saturated rings. The van der Waals surface area contributed by atoms with Crippen molar-refractivity contribution in [3.05, 3.63) is 71.5 Å². The van der Waals surface area contributed by atoms with Crippen LogP contribution in [0.15, 0.2) is 53.1 Å². The zero-order valence-corrected chi connectivity index (χ0v) is 19.9. The molecule has 4 heterocycles. The van der Waals surface area contributed by atoms with Crippen LogP contribution in [-0.2, 0) is 11.3 Å². The van der Waals surface area contributed by atoms with Gasteiger partial charge in [-0.3, -0.25) is 4.90 Å². The van der Waals surface area contributed by atoms with Gasteiger partial charge in [-0.2, -0.15) is 8.78 Å². The maximum absolute atomic E-state index is 14.8. The lowest BCUT2D eigenvalue weighted by atomic mass is 9.87. The van der Waals surface area contributed by atoms with Crippen molar-refractivity contribution in [1.29, 1.82) is 0 Å². The van der Waals surface area contributed by atoms with E-state index in [1.165, 1.54) is 11.6 Å². The number of hydrogen-bond donors (Lipinski definition) is 0. The molecule has 0 bridgehead atoms. The average molecular weight is 511 g/mol. The molecule has 0 amide bonds. The summed E-state index contributed by atoms with van der Waals surface area (Å²) in [6, 6.07) is 13.3. The molecule has 2 aliphatic heterocycles. The van der Waals surface area contributed by atoms with Gasteiger partial charge in [-0.25, -0.2) is 9.07 Å². The Morgan fingerprint density at radius 2 is 1.81 bits per heavy atom. The molecule has 2 aliphatic rings. The number of benzene rings is 2.